The minimum atomic E-state index is -3.93. The lowest BCUT2D eigenvalue weighted by molar-refractivity contribution is -0.209. The van der Waals surface area contributed by atoms with E-state index in [-0.39, 0.29) is 12.7 Å². The summed E-state index contributed by atoms with van der Waals surface area (Å²) in [5, 5.41) is 4.81. The predicted molar refractivity (Wildman–Crippen MR) is 73.4 cm³/mol. The van der Waals surface area contributed by atoms with Crippen LogP contribution in [0.2, 0.25) is 0 Å². The summed E-state index contributed by atoms with van der Waals surface area (Å²) in [7, 11) is -3.93. The molecule has 2 rings (SSSR count). The number of hydrogen-bond donors (Lipinski definition) is 1. The van der Waals surface area contributed by atoms with Gasteiger partial charge in [0, 0.05) is 25.8 Å². The first kappa shape index (κ1) is 15.2. The van der Waals surface area contributed by atoms with Crippen molar-refractivity contribution in [2.24, 2.45) is 5.14 Å². The first-order valence-electron chi connectivity index (χ1n) is 6.31. The highest BCUT2D eigenvalue weighted by Gasteiger charge is 2.34. The number of ether oxygens (including phenoxy) is 2. The SMILES string of the molecule is Cc1ccc2c(c1)C(CCOS(N)(=O)=O)OC(C)(C)O2. The normalized spacial score (nSPS) is 21.1. The fraction of sp³-hybridized carbons (Fsp3) is 0.538. The van der Waals surface area contributed by atoms with Gasteiger partial charge in [-0.25, -0.2) is 5.14 Å². The van der Waals surface area contributed by atoms with Crippen LogP contribution >= 0.6 is 0 Å². The summed E-state index contributed by atoms with van der Waals surface area (Å²) in [6.45, 7) is 5.55. The summed E-state index contributed by atoms with van der Waals surface area (Å²) < 4.78 is 37.7. The lowest BCUT2D eigenvalue weighted by Crippen LogP contribution is -2.38. The van der Waals surface area contributed by atoms with Crippen LogP contribution < -0.4 is 9.88 Å². The molecule has 2 N–H and O–H groups in total. The van der Waals surface area contributed by atoms with E-state index >= 15 is 0 Å². The largest absolute Gasteiger partial charge is 0.463 e. The first-order valence-corrected chi connectivity index (χ1v) is 7.78. The van der Waals surface area contributed by atoms with Crippen molar-refractivity contribution in [2.45, 2.75) is 39.1 Å². The quantitative estimate of drug-likeness (QED) is 0.916. The Bertz CT molecular complexity index is 597. The third-order valence-electron chi connectivity index (χ3n) is 2.92. The maximum atomic E-state index is 10.8. The van der Waals surface area contributed by atoms with Crippen molar-refractivity contribution in [3.63, 3.8) is 0 Å². The van der Waals surface area contributed by atoms with E-state index in [0.717, 1.165) is 16.9 Å². The predicted octanol–water partition coefficient (Wildman–Crippen LogP) is 1.79. The molecular formula is C13H19NO5S. The Labute approximate surface area is 119 Å². The molecule has 0 fully saturated rings. The number of rotatable bonds is 4. The summed E-state index contributed by atoms with van der Waals surface area (Å²) in [6.07, 6.45) is 0.0787. The number of benzene rings is 1. The summed E-state index contributed by atoms with van der Waals surface area (Å²) in [5.74, 6) is -0.0263. The zero-order chi connectivity index (χ0) is 15.0. The van der Waals surface area contributed by atoms with Crippen LogP contribution in [0.15, 0.2) is 18.2 Å². The minimum absolute atomic E-state index is 0.0348. The number of aryl methyl sites for hydroxylation is 1. The van der Waals surface area contributed by atoms with Crippen molar-refractivity contribution >= 4 is 10.3 Å². The van der Waals surface area contributed by atoms with Gasteiger partial charge in [0.05, 0.1) is 12.7 Å². The summed E-state index contributed by atoms with van der Waals surface area (Å²) in [4.78, 5) is 0. The van der Waals surface area contributed by atoms with Gasteiger partial charge in [0.15, 0.2) is 0 Å². The molecule has 112 valence electrons. The van der Waals surface area contributed by atoms with Gasteiger partial charge in [-0.1, -0.05) is 11.6 Å². The Hall–Kier alpha value is -1.15. The molecule has 1 atom stereocenters. The zero-order valence-corrected chi connectivity index (χ0v) is 12.6. The molecule has 1 aromatic carbocycles. The molecule has 0 spiro atoms. The second-order valence-corrected chi connectivity index (χ2v) is 6.47. The lowest BCUT2D eigenvalue weighted by Gasteiger charge is -2.38. The van der Waals surface area contributed by atoms with Crippen molar-refractivity contribution in [1.82, 2.24) is 0 Å². The molecule has 1 aliphatic rings. The van der Waals surface area contributed by atoms with Crippen LogP contribution in [0.4, 0.5) is 0 Å². The second kappa shape index (κ2) is 5.33. The van der Waals surface area contributed by atoms with Crippen LogP contribution in [-0.4, -0.2) is 20.8 Å². The zero-order valence-electron chi connectivity index (χ0n) is 11.8. The van der Waals surface area contributed by atoms with Crippen molar-refractivity contribution in [3.05, 3.63) is 29.3 Å². The Morgan fingerprint density at radius 2 is 2.10 bits per heavy atom. The topological polar surface area (TPSA) is 87.9 Å². The third-order valence-corrected chi connectivity index (χ3v) is 3.42. The summed E-state index contributed by atoms with van der Waals surface area (Å²) in [5.41, 5.74) is 1.97. The average Bonchev–Trinajstić information content (AvgIpc) is 2.27. The molecule has 0 saturated carbocycles. The van der Waals surface area contributed by atoms with Crippen molar-refractivity contribution in [2.75, 3.05) is 6.61 Å². The average molecular weight is 301 g/mol. The molecule has 0 bridgehead atoms. The molecule has 1 aliphatic heterocycles. The lowest BCUT2D eigenvalue weighted by atomic mass is 10.0. The van der Waals surface area contributed by atoms with Gasteiger partial charge in [-0.05, 0) is 19.1 Å². The van der Waals surface area contributed by atoms with Gasteiger partial charge in [0.1, 0.15) is 5.75 Å². The molecule has 20 heavy (non-hydrogen) atoms. The molecule has 6 nitrogen and oxygen atoms in total. The molecule has 7 heteroatoms. The van der Waals surface area contributed by atoms with Crippen LogP contribution in [0.3, 0.4) is 0 Å². The molecule has 1 aromatic rings. The maximum Gasteiger partial charge on any atom is 0.333 e. The third kappa shape index (κ3) is 3.92. The molecule has 0 aromatic heterocycles. The van der Waals surface area contributed by atoms with Gasteiger partial charge < -0.3 is 9.47 Å². The number of fused-ring (bicyclic) bond motifs is 1. The Morgan fingerprint density at radius 1 is 1.40 bits per heavy atom. The van der Waals surface area contributed by atoms with E-state index in [1.54, 1.807) is 0 Å². The number of hydrogen-bond acceptors (Lipinski definition) is 5. The van der Waals surface area contributed by atoms with Crippen LogP contribution in [-0.2, 0) is 19.2 Å². The Balaban J connectivity index is 2.18. The maximum absolute atomic E-state index is 10.8. The Morgan fingerprint density at radius 3 is 2.75 bits per heavy atom. The monoisotopic (exact) mass is 301 g/mol. The fourth-order valence-electron chi connectivity index (χ4n) is 2.19. The minimum Gasteiger partial charge on any atom is -0.463 e. The molecule has 0 radical (unpaired) electrons. The highest BCUT2D eigenvalue weighted by atomic mass is 32.2. The van der Waals surface area contributed by atoms with Crippen molar-refractivity contribution < 1.29 is 22.1 Å². The van der Waals surface area contributed by atoms with E-state index in [9.17, 15) is 8.42 Å². The second-order valence-electron chi connectivity index (χ2n) is 5.25. The number of nitrogens with two attached hydrogens (primary N) is 1. The van der Waals surface area contributed by atoms with Crippen LogP contribution in [0.5, 0.6) is 5.75 Å². The smallest absolute Gasteiger partial charge is 0.333 e. The van der Waals surface area contributed by atoms with E-state index in [1.165, 1.54) is 0 Å². The molecule has 1 heterocycles. The standard InChI is InChI=1S/C13H19NO5S/c1-9-4-5-11-10(8-9)12(19-13(2,3)18-11)6-7-17-20(14,15)16/h4-5,8,12H,6-7H2,1-3H3,(H2,14,15,16). The molecule has 0 aliphatic carbocycles. The molecule has 0 amide bonds. The van der Waals surface area contributed by atoms with Crippen LogP contribution in [0, 0.1) is 6.92 Å². The van der Waals surface area contributed by atoms with Crippen molar-refractivity contribution in [3.8, 4) is 5.75 Å². The van der Waals surface area contributed by atoms with Crippen molar-refractivity contribution in [1.29, 1.82) is 0 Å². The van der Waals surface area contributed by atoms with Gasteiger partial charge in [-0.2, -0.15) is 8.42 Å². The van der Waals surface area contributed by atoms with E-state index < -0.39 is 16.1 Å². The molecule has 0 saturated heterocycles. The van der Waals surface area contributed by atoms with Crippen LogP contribution in [0.1, 0.15) is 37.5 Å². The molecule has 1 unspecified atom stereocenters. The summed E-state index contributed by atoms with van der Waals surface area (Å²) in [6, 6.07) is 5.81. The van der Waals surface area contributed by atoms with Gasteiger partial charge >= 0.3 is 10.3 Å². The van der Waals surface area contributed by atoms with E-state index in [0.29, 0.717) is 6.42 Å². The fourth-order valence-corrected chi connectivity index (χ4v) is 2.52. The van der Waals surface area contributed by atoms with Crippen LogP contribution in [0.25, 0.3) is 0 Å². The van der Waals surface area contributed by atoms with Gasteiger partial charge in [0.25, 0.3) is 0 Å². The van der Waals surface area contributed by atoms with E-state index in [2.05, 4.69) is 4.18 Å². The Kier molecular flexibility index (Phi) is 4.06. The summed E-state index contributed by atoms with van der Waals surface area (Å²) >= 11 is 0. The first-order chi connectivity index (χ1) is 9.16. The van der Waals surface area contributed by atoms with Gasteiger partial charge in [-0.15, -0.1) is 0 Å². The van der Waals surface area contributed by atoms with Gasteiger partial charge in [0.2, 0.25) is 5.79 Å². The highest BCUT2D eigenvalue weighted by Crippen LogP contribution is 2.40. The van der Waals surface area contributed by atoms with Gasteiger partial charge in [-0.3, -0.25) is 4.18 Å². The van der Waals surface area contributed by atoms with E-state index in [1.807, 2.05) is 39.0 Å². The highest BCUT2D eigenvalue weighted by molar-refractivity contribution is 7.84. The molecular weight excluding hydrogens is 282 g/mol. The van der Waals surface area contributed by atoms with E-state index in [4.69, 9.17) is 14.6 Å².